The average Bonchev–Trinajstić information content (AvgIpc) is 2.76. The smallest absolute Gasteiger partial charge is 0.329 e. The van der Waals surface area contributed by atoms with Crippen molar-refractivity contribution >= 4 is 11.9 Å². The number of rotatable bonds is 6. The molecular formula is C12H17N3O5. The molecule has 0 aliphatic carbocycles. The summed E-state index contributed by atoms with van der Waals surface area (Å²) >= 11 is 0. The number of carboxylic acid groups (broad SMARTS) is 1. The highest BCUT2D eigenvalue weighted by molar-refractivity contribution is 5.77. The van der Waals surface area contributed by atoms with Crippen LogP contribution in [0.4, 0.5) is 0 Å². The van der Waals surface area contributed by atoms with E-state index in [0.717, 1.165) is 0 Å². The Labute approximate surface area is 115 Å². The molecular weight excluding hydrogens is 266 g/mol. The highest BCUT2D eigenvalue weighted by atomic mass is 16.5. The largest absolute Gasteiger partial charge is 0.480 e. The van der Waals surface area contributed by atoms with Crippen LogP contribution >= 0.6 is 0 Å². The second-order valence-corrected chi connectivity index (χ2v) is 5.12. The SMILES string of the molecule is Cc1noc(CCC(=O)N2CC(C)(OCC(=O)O)C2)n1. The van der Waals surface area contributed by atoms with Crippen molar-refractivity contribution in [1.82, 2.24) is 15.0 Å². The molecule has 1 N–H and O–H groups in total. The quantitative estimate of drug-likeness (QED) is 0.784. The Hall–Kier alpha value is -1.96. The molecule has 0 atom stereocenters. The number of hydrogen-bond acceptors (Lipinski definition) is 6. The van der Waals surface area contributed by atoms with E-state index >= 15 is 0 Å². The van der Waals surface area contributed by atoms with Gasteiger partial charge in [0.15, 0.2) is 5.82 Å². The van der Waals surface area contributed by atoms with Gasteiger partial charge in [0, 0.05) is 12.8 Å². The van der Waals surface area contributed by atoms with Crippen LogP contribution in [-0.2, 0) is 20.7 Å². The fourth-order valence-electron chi connectivity index (χ4n) is 2.08. The molecule has 1 aromatic heterocycles. The average molecular weight is 283 g/mol. The Morgan fingerprint density at radius 3 is 2.75 bits per heavy atom. The minimum absolute atomic E-state index is 0.0303. The van der Waals surface area contributed by atoms with Crippen LogP contribution < -0.4 is 0 Å². The van der Waals surface area contributed by atoms with Gasteiger partial charge in [-0.15, -0.1) is 0 Å². The molecule has 1 aliphatic rings. The van der Waals surface area contributed by atoms with E-state index in [2.05, 4.69) is 10.1 Å². The maximum Gasteiger partial charge on any atom is 0.329 e. The monoisotopic (exact) mass is 283 g/mol. The molecule has 2 rings (SSSR count). The van der Waals surface area contributed by atoms with Crippen LogP contribution in [0.3, 0.4) is 0 Å². The molecule has 20 heavy (non-hydrogen) atoms. The number of aryl methyl sites for hydroxylation is 2. The van der Waals surface area contributed by atoms with Gasteiger partial charge in [-0.3, -0.25) is 4.79 Å². The minimum atomic E-state index is -1.01. The molecule has 1 fully saturated rings. The van der Waals surface area contributed by atoms with E-state index in [4.69, 9.17) is 14.4 Å². The number of hydrogen-bond donors (Lipinski definition) is 1. The summed E-state index contributed by atoms with van der Waals surface area (Å²) in [7, 11) is 0. The number of carbonyl (C=O) groups excluding carboxylic acids is 1. The number of ether oxygens (including phenoxy) is 1. The number of likely N-dealkylation sites (tertiary alicyclic amines) is 1. The normalized spacial score (nSPS) is 16.8. The first-order valence-corrected chi connectivity index (χ1v) is 6.31. The molecule has 0 aromatic carbocycles. The molecule has 1 saturated heterocycles. The second kappa shape index (κ2) is 5.58. The van der Waals surface area contributed by atoms with Gasteiger partial charge in [0.25, 0.3) is 0 Å². The lowest BCUT2D eigenvalue weighted by Crippen LogP contribution is -2.63. The Bertz CT molecular complexity index is 507. The molecule has 1 amide bonds. The van der Waals surface area contributed by atoms with Crippen molar-refractivity contribution in [2.45, 2.75) is 32.3 Å². The molecule has 0 unspecified atom stereocenters. The number of nitrogens with zero attached hydrogens (tertiary/aromatic N) is 3. The summed E-state index contributed by atoms with van der Waals surface area (Å²) in [6.07, 6.45) is 0.694. The third-order valence-corrected chi connectivity index (χ3v) is 3.07. The predicted molar refractivity (Wildman–Crippen MR) is 65.9 cm³/mol. The van der Waals surface area contributed by atoms with Crippen LogP contribution in [0.2, 0.25) is 0 Å². The first kappa shape index (κ1) is 14.4. The summed E-state index contributed by atoms with van der Waals surface area (Å²) in [6.45, 7) is 3.97. The van der Waals surface area contributed by atoms with Crippen molar-refractivity contribution < 1.29 is 24.0 Å². The number of amides is 1. The molecule has 1 aromatic rings. The molecule has 0 spiro atoms. The Balaban J connectivity index is 1.72. The summed E-state index contributed by atoms with van der Waals surface area (Å²) in [6, 6.07) is 0. The number of carbonyl (C=O) groups is 2. The fraction of sp³-hybridized carbons (Fsp3) is 0.667. The van der Waals surface area contributed by atoms with E-state index in [9.17, 15) is 9.59 Å². The van der Waals surface area contributed by atoms with Crippen molar-refractivity contribution in [3.05, 3.63) is 11.7 Å². The highest BCUT2D eigenvalue weighted by Gasteiger charge is 2.42. The molecule has 8 heteroatoms. The van der Waals surface area contributed by atoms with E-state index in [1.807, 2.05) is 0 Å². The van der Waals surface area contributed by atoms with Crippen LogP contribution in [0, 0.1) is 6.92 Å². The Morgan fingerprint density at radius 2 is 2.20 bits per heavy atom. The Morgan fingerprint density at radius 1 is 1.50 bits per heavy atom. The first-order chi connectivity index (χ1) is 9.38. The molecule has 2 heterocycles. The van der Waals surface area contributed by atoms with Crippen molar-refractivity contribution in [3.63, 3.8) is 0 Å². The first-order valence-electron chi connectivity index (χ1n) is 6.31. The molecule has 0 radical (unpaired) electrons. The van der Waals surface area contributed by atoms with Crippen molar-refractivity contribution in [2.75, 3.05) is 19.7 Å². The van der Waals surface area contributed by atoms with Crippen molar-refractivity contribution in [1.29, 1.82) is 0 Å². The van der Waals surface area contributed by atoms with Crippen molar-refractivity contribution in [3.8, 4) is 0 Å². The Kier molecular flexibility index (Phi) is 4.03. The van der Waals surface area contributed by atoms with Gasteiger partial charge in [-0.05, 0) is 13.8 Å². The van der Waals surface area contributed by atoms with E-state index in [0.29, 0.717) is 31.2 Å². The summed E-state index contributed by atoms with van der Waals surface area (Å²) in [5, 5.41) is 12.2. The number of aliphatic carboxylic acids is 1. The van der Waals surface area contributed by atoms with E-state index in [-0.39, 0.29) is 18.9 Å². The predicted octanol–water partition coefficient (Wildman–Crippen LogP) is 0.0127. The van der Waals surface area contributed by atoms with Crippen LogP contribution in [0.5, 0.6) is 0 Å². The van der Waals surface area contributed by atoms with Crippen molar-refractivity contribution in [2.24, 2.45) is 0 Å². The van der Waals surface area contributed by atoms with E-state index in [1.54, 1.807) is 18.7 Å². The van der Waals surface area contributed by atoms with Gasteiger partial charge in [-0.1, -0.05) is 5.16 Å². The zero-order valence-electron chi connectivity index (χ0n) is 11.5. The molecule has 1 aliphatic heterocycles. The minimum Gasteiger partial charge on any atom is -0.480 e. The fourth-order valence-corrected chi connectivity index (χ4v) is 2.08. The molecule has 110 valence electrons. The number of carboxylic acids is 1. The lowest BCUT2D eigenvalue weighted by Gasteiger charge is -2.47. The summed E-state index contributed by atoms with van der Waals surface area (Å²) in [4.78, 5) is 28.0. The zero-order valence-corrected chi connectivity index (χ0v) is 11.5. The summed E-state index contributed by atoms with van der Waals surface area (Å²) in [5.74, 6) is -0.0488. The zero-order chi connectivity index (χ0) is 14.8. The van der Waals surface area contributed by atoms with Gasteiger partial charge in [0.05, 0.1) is 13.1 Å². The third kappa shape index (κ3) is 3.53. The number of aromatic nitrogens is 2. The van der Waals surface area contributed by atoms with Gasteiger partial charge in [0.1, 0.15) is 12.2 Å². The lowest BCUT2D eigenvalue weighted by atomic mass is 9.95. The topological polar surface area (TPSA) is 106 Å². The van der Waals surface area contributed by atoms with Gasteiger partial charge in [-0.25, -0.2) is 4.79 Å². The van der Waals surface area contributed by atoms with Gasteiger partial charge in [-0.2, -0.15) is 4.98 Å². The second-order valence-electron chi connectivity index (χ2n) is 5.12. The van der Waals surface area contributed by atoms with Crippen LogP contribution in [0.15, 0.2) is 4.52 Å². The maximum atomic E-state index is 11.9. The maximum absolute atomic E-state index is 11.9. The van der Waals surface area contributed by atoms with Gasteiger partial charge >= 0.3 is 5.97 Å². The summed E-state index contributed by atoms with van der Waals surface area (Å²) in [5.41, 5.74) is -0.560. The van der Waals surface area contributed by atoms with E-state index in [1.165, 1.54) is 0 Å². The summed E-state index contributed by atoms with van der Waals surface area (Å²) < 4.78 is 10.2. The van der Waals surface area contributed by atoms with Crippen LogP contribution in [-0.4, -0.2) is 57.3 Å². The van der Waals surface area contributed by atoms with Gasteiger partial charge < -0.3 is 19.3 Å². The van der Waals surface area contributed by atoms with Crippen LogP contribution in [0.25, 0.3) is 0 Å². The van der Waals surface area contributed by atoms with E-state index < -0.39 is 11.6 Å². The molecule has 8 nitrogen and oxygen atoms in total. The standard InChI is InChI=1S/C12H17N3O5/c1-8-13-9(20-14-8)3-4-10(16)15-6-12(2,7-15)19-5-11(17)18/h3-7H2,1-2H3,(H,17,18). The lowest BCUT2D eigenvalue weighted by molar-refractivity contribution is -0.173. The highest BCUT2D eigenvalue weighted by Crippen LogP contribution is 2.25. The molecule has 0 saturated carbocycles. The van der Waals surface area contributed by atoms with Crippen LogP contribution in [0.1, 0.15) is 25.1 Å². The third-order valence-electron chi connectivity index (χ3n) is 3.07. The van der Waals surface area contributed by atoms with Gasteiger partial charge in [0.2, 0.25) is 11.8 Å². The molecule has 0 bridgehead atoms.